The van der Waals surface area contributed by atoms with Crippen molar-refractivity contribution in [1.82, 2.24) is 20.2 Å². The second-order valence-corrected chi connectivity index (χ2v) is 8.38. The van der Waals surface area contributed by atoms with Crippen LogP contribution in [0.5, 0.6) is 0 Å². The normalized spacial score (nSPS) is 22.2. The summed E-state index contributed by atoms with van der Waals surface area (Å²) in [6.07, 6.45) is -10.3. The summed E-state index contributed by atoms with van der Waals surface area (Å²) >= 11 is 0. The number of ether oxygens (including phenoxy) is 2. The molecule has 2 aromatic carbocycles. The van der Waals surface area contributed by atoms with E-state index in [0.717, 1.165) is 5.56 Å². The molecule has 1 aliphatic heterocycles. The topological polar surface area (TPSA) is 62.1 Å². The van der Waals surface area contributed by atoms with Crippen LogP contribution >= 0.6 is 0 Å². The lowest BCUT2D eigenvalue weighted by atomic mass is 9.80. The molecule has 0 amide bonds. The average Bonchev–Trinajstić information content (AvgIpc) is 3.31. The molecule has 1 fully saturated rings. The Morgan fingerprint density at radius 3 is 2.23 bits per heavy atom. The van der Waals surface area contributed by atoms with Crippen molar-refractivity contribution in [2.75, 3.05) is 13.2 Å². The first-order valence-electron chi connectivity index (χ1n) is 10.8. The molecule has 0 bridgehead atoms. The van der Waals surface area contributed by atoms with Gasteiger partial charge in [0.25, 0.3) is 0 Å². The summed E-state index contributed by atoms with van der Waals surface area (Å²) in [6, 6.07) is 10.8. The molecule has 2 heterocycles. The SMILES string of the molecule is CC(OC1COCC(Cn2ncnn2)C1c1ccccc1)c1cc(C(F)(F)F)cc(C(F)(F)F)c1. The number of benzene rings is 2. The number of halogens is 6. The van der Waals surface area contributed by atoms with Crippen LogP contribution in [0.4, 0.5) is 26.3 Å². The highest BCUT2D eigenvalue weighted by molar-refractivity contribution is 5.35. The minimum atomic E-state index is -4.94. The lowest BCUT2D eigenvalue weighted by molar-refractivity contribution is -0.143. The van der Waals surface area contributed by atoms with Gasteiger partial charge in [-0.15, -0.1) is 10.2 Å². The van der Waals surface area contributed by atoms with E-state index in [1.807, 2.05) is 30.3 Å². The van der Waals surface area contributed by atoms with Gasteiger partial charge in [-0.3, -0.25) is 0 Å². The Morgan fingerprint density at radius 2 is 1.66 bits per heavy atom. The summed E-state index contributed by atoms with van der Waals surface area (Å²) in [5.41, 5.74) is -2.09. The van der Waals surface area contributed by atoms with Gasteiger partial charge in [-0.2, -0.15) is 31.1 Å². The number of tetrazole rings is 1. The fourth-order valence-electron chi connectivity index (χ4n) is 4.34. The molecule has 0 spiro atoms. The Hall–Kier alpha value is -2.99. The van der Waals surface area contributed by atoms with Crippen LogP contribution < -0.4 is 0 Å². The van der Waals surface area contributed by atoms with Crippen LogP contribution in [-0.2, 0) is 28.4 Å². The zero-order chi connectivity index (χ0) is 25.2. The lowest BCUT2D eigenvalue weighted by Crippen LogP contribution is -2.42. The van der Waals surface area contributed by atoms with Gasteiger partial charge >= 0.3 is 12.4 Å². The Bertz CT molecular complexity index is 1070. The summed E-state index contributed by atoms with van der Waals surface area (Å²) in [5, 5.41) is 11.6. The first-order chi connectivity index (χ1) is 16.5. The maximum Gasteiger partial charge on any atom is 0.416 e. The third-order valence-corrected chi connectivity index (χ3v) is 5.95. The number of nitrogens with zero attached hydrogens (tertiary/aromatic N) is 4. The Balaban J connectivity index is 1.64. The highest BCUT2D eigenvalue weighted by Gasteiger charge is 2.40. The van der Waals surface area contributed by atoms with Gasteiger partial charge in [-0.25, -0.2) is 0 Å². The largest absolute Gasteiger partial charge is 0.416 e. The van der Waals surface area contributed by atoms with Gasteiger partial charge in [0.2, 0.25) is 0 Å². The van der Waals surface area contributed by atoms with Crippen molar-refractivity contribution < 1.29 is 35.8 Å². The number of hydrogen-bond donors (Lipinski definition) is 0. The second-order valence-electron chi connectivity index (χ2n) is 8.38. The van der Waals surface area contributed by atoms with Crippen LogP contribution in [0, 0.1) is 5.92 Å². The monoisotopic (exact) mass is 500 g/mol. The molecule has 6 nitrogen and oxygen atoms in total. The lowest BCUT2D eigenvalue weighted by Gasteiger charge is -2.39. The summed E-state index contributed by atoms with van der Waals surface area (Å²) in [4.78, 5) is 1.40. The minimum Gasteiger partial charge on any atom is -0.378 e. The average molecular weight is 500 g/mol. The number of rotatable bonds is 6. The quantitative estimate of drug-likeness (QED) is 0.431. The van der Waals surface area contributed by atoms with Gasteiger partial charge in [-0.1, -0.05) is 30.3 Å². The Labute approximate surface area is 196 Å². The molecular formula is C23H22F6N4O2. The molecule has 1 saturated heterocycles. The van der Waals surface area contributed by atoms with Gasteiger partial charge < -0.3 is 9.47 Å². The zero-order valence-corrected chi connectivity index (χ0v) is 18.5. The molecule has 1 aromatic heterocycles. The van der Waals surface area contributed by atoms with E-state index in [1.54, 1.807) is 0 Å². The number of aromatic nitrogens is 4. The maximum absolute atomic E-state index is 13.3. The highest BCUT2D eigenvalue weighted by Crippen LogP contribution is 2.40. The Morgan fingerprint density at radius 1 is 1.00 bits per heavy atom. The summed E-state index contributed by atoms with van der Waals surface area (Å²) < 4.78 is 91.8. The van der Waals surface area contributed by atoms with Gasteiger partial charge in [-0.05, 0) is 41.5 Å². The van der Waals surface area contributed by atoms with Crippen molar-refractivity contribution in [1.29, 1.82) is 0 Å². The van der Waals surface area contributed by atoms with E-state index in [2.05, 4.69) is 15.4 Å². The zero-order valence-electron chi connectivity index (χ0n) is 18.5. The molecule has 188 valence electrons. The molecule has 4 rings (SSSR count). The first kappa shape index (κ1) is 25.1. The first-order valence-corrected chi connectivity index (χ1v) is 10.8. The van der Waals surface area contributed by atoms with E-state index < -0.39 is 35.7 Å². The van der Waals surface area contributed by atoms with E-state index in [9.17, 15) is 26.3 Å². The van der Waals surface area contributed by atoms with Crippen LogP contribution in [-0.4, -0.2) is 39.5 Å². The Kier molecular flexibility index (Phi) is 7.13. The fourth-order valence-corrected chi connectivity index (χ4v) is 4.34. The summed E-state index contributed by atoms with van der Waals surface area (Å²) in [6.45, 7) is 2.24. The van der Waals surface area contributed by atoms with E-state index in [0.29, 0.717) is 25.3 Å². The van der Waals surface area contributed by atoms with Crippen LogP contribution in [0.1, 0.15) is 41.2 Å². The summed E-state index contributed by atoms with van der Waals surface area (Å²) in [7, 11) is 0. The number of hydrogen-bond acceptors (Lipinski definition) is 5. The molecule has 0 aliphatic carbocycles. The van der Waals surface area contributed by atoms with E-state index in [1.165, 1.54) is 18.0 Å². The summed E-state index contributed by atoms with van der Waals surface area (Å²) in [5.74, 6) is -0.448. The fraction of sp³-hybridized carbons (Fsp3) is 0.435. The standard InChI is InChI=1S/C23H22F6N4O2/c1-14(16-7-18(22(24,25)26)9-19(8-16)23(27,28)29)35-20-12-34-11-17(10-33-31-13-30-32-33)21(20)15-5-3-2-4-6-15/h2-9,13-14,17,20-21H,10-12H2,1H3. The van der Waals surface area contributed by atoms with Gasteiger partial charge in [0.15, 0.2) is 6.33 Å². The molecule has 35 heavy (non-hydrogen) atoms. The van der Waals surface area contributed by atoms with E-state index >= 15 is 0 Å². The molecule has 12 heteroatoms. The van der Waals surface area contributed by atoms with Crippen LogP contribution in [0.25, 0.3) is 0 Å². The smallest absolute Gasteiger partial charge is 0.378 e. The molecule has 0 radical (unpaired) electrons. The van der Waals surface area contributed by atoms with Crippen molar-refractivity contribution >= 4 is 0 Å². The highest BCUT2D eigenvalue weighted by atomic mass is 19.4. The second kappa shape index (κ2) is 9.94. The minimum absolute atomic E-state index is 0.105. The van der Waals surface area contributed by atoms with Crippen molar-refractivity contribution in [2.45, 2.75) is 43.9 Å². The molecule has 4 atom stereocenters. The van der Waals surface area contributed by atoms with Crippen LogP contribution in [0.2, 0.25) is 0 Å². The van der Waals surface area contributed by atoms with Gasteiger partial charge in [0, 0.05) is 11.8 Å². The van der Waals surface area contributed by atoms with E-state index in [-0.39, 0.29) is 30.1 Å². The van der Waals surface area contributed by atoms with Crippen molar-refractivity contribution in [3.63, 3.8) is 0 Å². The third-order valence-electron chi connectivity index (χ3n) is 5.95. The molecule has 3 aromatic rings. The van der Waals surface area contributed by atoms with Gasteiger partial charge in [0.1, 0.15) is 0 Å². The van der Waals surface area contributed by atoms with Gasteiger partial charge in [0.05, 0.1) is 43.1 Å². The van der Waals surface area contributed by atoms with Crippen molar-refractivity contribution in [3.8, 4) is 0 Å². The van der Waals surface area contributed by atoms with Crippen molar-refractivity contribution in [3.05, 3.63) is 77.1 Å². The molecule has 4 unspecified atom stereocenters. The van der Waals surface area contributed by atoms with E-state index in [4.69, 9.17) is 9.47 Å². The van der Waals surface area contributed by atoms with Crippen LogP contribution in [0.3, 0.4) is 0 Å². The molecule has 0 saturated carbocycles. The molecule has 1 aliphatic rings. The maximum atomic E-state index is 13.3. The number of alkyl halides is 6. The van der Waals surface area contributed by atoms with Crippen LogP contribution in [0.15, 0.2) is 54.9 Å². The molecular weight excluding hydrogens is 478 g/mol. The van der Waals surface area contributed by atoms with Crippen molar-refractivity contribution in [2.24, 2.45) is 5.92 Å². The predicted octanol–water partition coefficient (Wildman–Crippen LogP) is 5.29. The third kappa shape index (κ3) is 5.99. The molecule has 0 N–H and O–H groups in total. The predicted molar refractivity (Wildman–Crippen MR) is 111 cm³/mol.